The highest BCUT2D eigenvalue weighted by Gasteiger charge is 2.16. The largest absolute Gasteiger partial charge is 0.497 e. The normalized spacial score (nSPS) is 12.3. The lowest BCUT2D eigenvalue weighted by molar-refractivity contribution is 0.404. The molecule has 0 bridgehead atoms. The van der Waals surface area contributed by atoms with Gasteiger partial charge in [-0.05, 0) is 49.4 Å². The van der Waals surface area contributed by atoms with Crippen LogP contribution in [0.4, 0.5) is 14.5 Å². The summed E-state index contributed by atoms with van der Waals surface area (Å²) >= 11 is 1.25. The number of thiazole rings is 1. The molecule has 0 N–H and O–H groups in total. The Balaban J connectivity index is 1.96. The van der Waals surface area contributed by atoms with Gasteiger partial charge in [-0.25, -0.2) is 18.4 Å². The van der Waals surface area contributed by atoms with Crippen LogP contribution in [0.2, 0.25) is 0 Å². The maximum absolute atomic E-state index is 14.3. The number of rotatable bonds is 6. The monoisotopic (exact) mass is 455 g/mol. The predicted molar refractivity (Wildman–Crippen MR) is 119 cm³/mol. The Bertz CT molecular complexity index is 1340. The summed E-state index contributed by atoms with van der Waals surface area (Å²) in [5.41, 5.74) is 1.94. The molecule has 2 heterocycles. The van der Waals surface area contributed by atoms with Crippen molar-refractivity contribution in [2.45, 2.75) is 6.92 Å². The zero-order valence-electron chi connectivity index (χ0n) is 17.5. The van der Waals surface area contributed by atoms with Crippen molar-refractivity contribution in [2.24, 2.45) is 10.1 Å². The Kier molecular flexibility index (Phi) is 6.18. The second-order valence-corrected chi connectivity index (χ2v) is 7.49. The molecule has 0 radical (unpaired) electrons. The van der Waals surface area contributed by atoms with Gasteiger partial charge in [0, 0.05) is 17.0 Å². The van der Waals surface area contributed by atoms with Crippen LogP contribution in [0.5, 0.6) is 11.5 Å². The number of halogens is 2. The van der Waals surface area contributed by atoms with Crippen molar-refractivity contribution in [1.29, 1.82) is 0 Å². The highest BCUT2D eigenvalue weighted by molar-refractivity contribution is 7.07. The van der Waals surface area contributed by atoms with E-state index in [4.69, 9.17) is 13.9 Å². The summed E-state index contributed by atoms with van der Waals surface area (Å²) in [6.07, 6.45) is 1.55. The quantitative estimate of drug-likeness (QED) is 0.355. The van der Waals surface area contributed by atoms with Crippen LogP contribution >= 0.6 is 11.3 Å². The summed E-state index contributed by atoms with van der Waals surface area (Å²) in [5.74, 6) is 0.369. The van der Waals surface area contributed by atoms with Crippen molar-refractivity contribution in [1.82, 2.24) is 4.68 Å². The Morgan fingerprint density at radius 2 is 1.91 bits per heavy atom. The van der Waals surface area contributed by atoms with Gasteiger partial charge in [-0.2, -0.15) is 5.10 Å². The van der Waals surface area contributed by atoms with Gasteiger partial charge in [-0.3, -0.25) is 0 Å². The molecule has 0 saturated heterocycles. The third-order valence-electron chi connectivity index (χ3n) is 4.62. The van der Waals surface area contributed by atoms with E-state index in [1.165, 1.54) is 17.4 Å². The summed E-state index contributed by atoms with van der Waals surface area (Å²) in [6, 6.07) is 12.2. The number of hydrogen-bond donors (Lipinski definition) is 0. The maximum Gasteiger partial charge on any atom is 0.211 e. The first-order valence-electron chi connectivity index (χ1n) is 9.52. The zero-order valence-corrected chi connectivity index (χ0v) is 18.3. The Hall–Kier alpha value is -3.72. The van der Waals surface area contributed by atoms with E-state index in [2.05, 4.69) is 10.1 Å². The number of benzene rings is 2. The van der Waals surface area contributed by atoms with Crippen LogP contribution in [-0.2, 0) is 0 Å². The predicted octanol–water partition coefficient (Wildman–Crippen LogP) is 5.61. The first kappa shape index (κ1) is 21.5. The molecule has 0 amide bonds. The first-order valence-corrected chi connectivity index (χ1v) is 10.4. The molecule has 4 rings (SSSR count). The van der Waals surface area contributed by atoms with Gasteiger partial charge in [0.15, 0.2) is 5.82 Å². The number of ether oxygens (including phenoxy) is 2. The minimum Gasteiger partial charge on any atom is -0.497 e. The van der Waals surface area contributed by atoms with Crippen LogP contribution in [0, 0.1) is 11.6 Å². The average Bonchev–Trinajstić information content (AvgIpc) is 3.46. The number of hydrogen-bond acceptors (Lipinski definition) is 6. The fourth-order valence-electron chi connectivity index (χ4n) is 3.03. The topological polar surface area (TPSA) is 61.2 Å². The fraction of sp³-hybridized carbons (Fsp3) is 0.130. The molecule has 0 atom stereocenters. The van der Waals surface area contributed by atoms with E-state index < -0.39 is 11.6 Å². The van der Waals surface area contributed by atoms with E-state index in [0.29, 0.717) is 39.0 Å². The lowest BCUT2D eigenvalue weighted by Crippen LogP contribution is -2.14. The highest BCUT2D eigenvalue weighted by Crippen LogP contribution is 2.34. The molecule has 2 aromatic heterocycles. The second kappa shape index (κ2) is 9.19. The van der Waals surface area contributed by atoms with Crippen LogP contribution in [-0.4, -0.2) is 24.6 Å². The van der Waals surface area contributed by atoms with Crippen molar-refractivity contribution in [3.63, 3.8) is 0 Å². The van der Waals surface area contributed by atoms with E-state index in [1.807, 2.05) is 11.4 Å². The summed E-state index contributed by atoms with van der Waals surface area (Å²) < 4.78 is 45.5. The molecule has 164 valence electrons. The Labute approximate surface area is 186 Å². The summed E-state index contributed by atoms with van der Waals surface area (Å²) in [4.78, 5) is 4.77. The number of furan rings is 1. The minimum absolute atomic E-state index is 0.00277. The number of aromatic nitrogens is 1. The maximum atomic E-state index is 14.3. The van der Waals surface area contributed by atoms with E-state index in [0.717, 1.165) is 12.1 Å². The SMILES string of the molecule is COc1ccc(OC)c(-c2csc(=Nc3ccc(F)cc3F)n2N=C(C)c2ccco2)c1. The van der Waals surface area contributed by atoms with Gasteiger partial charge in [0.1, 0.15) is 34.5 Å². The molecule has 0 saturated carbocycles. The smallest absolute Gasteiger partial charge is 0.211 e. The molecule has 4 aromatic rings. The van der Waals surface area contributed by atoms with E-state index in [9.17, 15) is 8.78 Å². The van der Waals surface area contributed by atoms with Crippen LogP contribution in [0.3, 0.4) is 0 Å². The summed E-state index contributed by atoms with van der Waals surface area (Å²) in [6.45, 7) is 1.79. The van der Waals surface area contributed by atoms with Gasteiger partial charge in [0.05, 0.1) is 26.2 Å². The average molecular weight is 455 g/mol. The molecular weight excluding hydrogens is 436 g/mol. The van der Waals surface area contributed by atoms with Gasteiger partial charge in [0.25, 0.3) is 0 Å². The standard InChI is InChI=1S/C23H19F2N3O3S/c1-14(21-5-4-10-31-21)27-28-20(17-12-16(29-2)7-9-22(17)30-3)13-32-23(28)26-19-8-6-15(24)11-18(19)25/h4-13H,1-3H3. The van der Waals surface area contributed by atoms with Crippen LogP contribution in [0.1, 0.15) is 12.7 Å². The molecular formula is C23H19F2N3O3S. The van der Waals surface area contributed by atoms with Gasteiger partial charge in [-0.1, -0.05) is 0 Å². The molecule has 32 heavy (non-hydrogen) atoms. The minimum atomic E-state index is -0.766. The molecule has 0 spiro atoms. The van der Waals surface area contributed by atoms with E-state index in [-0.39, 0.29) is 5.69 Å². The molecule has 0 fully saturated rings. The highest BCUT2D eigenvalue weighted by atomic mass is 32.1. The van der Waals surface area contributed by atoms with Crippen molar-refractivity contribution in [3.8, 4) is 22.8 Å². The van der Waals surface area contributed by atoms with Gasteiger partial charge in [-0.15, -0.1) is 11.3 Å². The Morgan fingerprint density at radius 1 is 1.06 bits per heavy atom. The molecule has 0 unspecified atom stereocenters. The van der Waals surface area contributed by atoms with E-state index in [1.54, 1.807) is 56.3 Å². The zero-order chi connectivity index (χ0) is 22.7. The third-order valence-corrected chi connectivity index (χ3v) is 5.44. The van der Waals surface area contributed by atoms with Gasteiger partial charge >= 0.3 is 0 Å². The van der Waals surface area contributed by atoms with Crippen LogP contribution < -0.4 is 14.3 Å². The molecule has 0 aliphatic heterocycles. The summed E-state index contributed by atoms with van der Waals surface area (Å²) in [5, 5.41) is 6.51. The van der Waals surface area contributed by atoms with Gasteiger partial charge in [0.2, 0.25) is 4.80 Å². The first-order chi connectivity index (χ1) is 15.5. The van der Waals surface area contributed by atoms with Gasteiger partial charge < -0.3 is 13.9 Å². The van der Waals surface area contributed by atoms with Crippen molar-refractivity contribution in [3.05, 3.63) is 82.4 Å². The molecule has 2 aromatic carbocycles. The van der Waals surface area contributed by atoms with Crippen molar-refractivity contribution >= 4 is 22.7 Å². The molecule has 0 aliphatic carbocycles. The third kappa shape index (κ3) is 4.33. The molecule has 9 heteroatoms. The van der Waals surface area contributed by atoms with Crippen LogP contribution in [0.25, 0.3) is 11.3 Å². The lowest BCUT2D eigenvalue weighted by Gasteiger charge is -2.11. The van der Waals surface area contributed by atoms with Crippen molar-refractivity contribution < 1.29 is 22.7 Å². The Morgan fingerprint density at radius 3 is 2.59 bits per heavy atom. The molecule has 0 aliphatic rings. The fourth-order valence-corrected chi connectivity index (χ4v) is 3.87. The van der Waals surface area contributed by atoms with Crippen LogP contribution in [0.15, 0.2) is 74.7 Å². The molecule has 6 nitrogen and oxygen atoms in total. The number of nitrogens with zero attached hydrogens (tertiary/aromatic N) is 3. The number of methoxy groups -OCH3 is 2. The van der Waals surface area contributed by atoms with E-state index >= 15 is 0 Å². The lowest BCUT2D eigenvalue weighted by atomic mass is 10.1. The second-order valence-electron chi connectivity index (χ2n) is 6.65. The summed E-state index contributed by atoms with van der Waals surface area (Å²) in [7, 11) is 3.14. The van der Waals surface area contributed by atoms with Crippen molar-refractivity contribution in [2.75, 3.05) is 14.2 Å².